The third kappa shape index (κ3) is 2.27. The highest BCUT2D eigenvalue weighted by atomic mass is 16.1. The van der Waals surface area contributed by atoms with Gasteiger partial charge in [0, 0.05) is 12.6 Å². The summed E-state index contributed by atoms with van der Waals surface area (Å²) >= 11 is 0. The van der Waals surface area contributed by atoms with Gasteiger partial charge in [-0.3, -0.25) is 9.48 Å². The molecule has 0 saturated carbocycles. The number of anilines is 1. The van der Waals surface area contributed by atoms with E-state index < -0.39 is 0 Å². The third-order valence-corrected chi connectivity index (χ3v) is 2.98. The van der Waals surface area contributed by atoms with Crippen molar-refractivity contribution >= 4 is 11.6 Å². The van der Waals surface area contributed by atoms with Gasteiger partial charge in [-0.25, -0.2) is 0 Å². The number of rotatable bonds is 4. The Morgan fingerprint density at radius 2 is 2.00 bits per heavy atom. The van der Waals surface area contributed by atoms with Gasteiger partial charge in [0.25, 0.3) is 0 Å². The number of nitrogens with two attached hydrogens (primary N) is 1. The Bertz CT molecular complexity index is 555. The van der Waals surface area contributed by atoms with Crippen molar-refractivity contribution in [3.05, 3.63) is 47.2 Å². The molecule has 0 aliphatic rings. The molecule has 4 heteroatoms. The second-order valence-corrected chi connectivity index (χ2v) is 4.34. The Hall–Kier alpha value is -2.10. The Kier molecular flexibility index (Phi) is 3.46. The molecular weight excluding hydrogens is 226 g/mol. The van der Waals surface area contributed by atoms with E-state index in [1.165, 1.54) is 16.4 Å². The van der Waals surface area contributed by atoms with Crippen LogP contribution in [0, 0.1) is 0 Å². The van der Waals surface area contributed by atoms with E-state index in [-0.39, 0.29) is 5.78 Å². The molecule has 0 aliphatic heterocycles. The first kappa shape index (κ1) is 12.4. The van der Waals surface area contributed by atoms with E-state index in [9.17, 15) is 4.79 Å². The van der Waals surface area contributed by atoms with E-state index in [0.29, 0.717) is 16.9 Å². The molecule has 0 unspecified atom stereocenters. The molecule has 4 nitrogen and oxygen atoms in total. The van der Waals surface area contributed by atoms with Crippen LogP contribution >= 0.6 is 0 Å². The third-order valence-electron chi connectivity index (χ3n) is 2.98. The monoisotopic (exact) mass is 243 g/mol. The van der Waals surface area contributed by atoms with Crippen LogP contribution in [-0.2, 0) is 13.5 Å². The fourth-order valence-corrected chi connectivity index (χ4v) is 1.89. The van der Waals surface area contributed by atoms with E-state index >= 15 is 0 Å². The largest absolute Gasteiger partial charge is 0.383 e. The van der Waals surface area contributed by atoms with Crippen molar-refractivity contribution in [2.75, 3.05) is 5.73 Å². The maximum Gasteiger partial charge on any atom is 0.198 e. The first-order valence-corrected chi connectivity index (χ1v) is 6.04. The smallest absolute Gasteiger partial charge is 0.198 e. The summed E-state index contributed by atoms with van der Waals surface area (Å²) in [4.78, 5) is 12.2. The lowest BCUT2D eigenvalue weighted by Crippen LogP contribution is -2.06. The Balaban J connectivity index is 2.26. The summed E-state index contributed by atoms with van der Waals surface area (Å²) in [6.07, 6.45) is 3.64. The molecule has 0 radical (unpaired) electrons. The van der Waals surface area contributed by atoms with Gasteiger partial charge in [0.15, 0.2) is 5.78 Å². The first-order chi connectivity index (χ1) is 8.63. The quantitative estimate of drug-likeness (QED) is 0.837. The highest BCUT2D eigenvalue weighted by molar-refractivity contribution is 6.11. The van der Waals surface area contributed by atoms with Crippen molar-refractivity contribution < 1.29 is 4.79 Å². The van der Waals surface area contributed by atoms with Gasteiger partial charge in [-0.1, -0.05) is 37.6 Å². The number of hydrogen-bond acceptors (Lipinski definition) is 3. The van der Waals surface area contributed by atoms with Crippen LogP contribution in [0.1, 0.15) is 34.8 Å². The SMILES string of the molecule is CCCc1ccc(C(=O)c2cnn(C)c2N)cc1. The standard InChI is InChI=1S/C14H17N3O/c1-3-4-10-5-7-11(8-6-10)13(18)12-9-16-17(2)14(12)15/h5-9H,3-4,15H2,1-2H3. The van der Waals surface area contributed by atoms with Gasteiger partial charge < -0.3 is 5.73 Å². The maximum absolute atomic E-state index is 12.2. The van der Waals surface area contributed by atoms with Gasteiger partial charge in [-0.05, 0) is 12.0 Å². The number of ketones is 1. The molecule has 2 aromatic rings. The zero-order chi connectivity index (χ0) is 13.1. The van der Waals surface area contributed by atoms with E-state index in [4.69, 9.17) is 5.73 Å². The summed E-state index contributed by atoms with van der Waals surface area (Å²) in [6, 6.07) is 7.67. The van der Waals surface area contributed by atoms with Gasteiger partial charge in [-0.15, -0.1) is 0 Å². The number of nitrogens with zero attached hydrogens (tertiary/aromatic N) is 2. The van der Waals surface area contributed by atoms with Crippen LogP contribution in [-0.4, -0.2) is 15.6 Å². The topological polar surface area (TPSA) is 60.9 Å². The van der Waals surface area contributed by atoms with E-state index in [1.54, 1.807) is 7.05 Å². The minimum absolute atomic E-state index is 0.0800. The molecule has 2 N–H and O–H groups in total. The number of aromatic nitrogens is 2. The molecule has 0 fully saturated rings. The summed E-state index contributed by atoms with van der Waals surface area (Å²) in [5.74, 6) is 0.321. The van der Waals surface area contributed by atoms with Crippen LogP contribution < -0.4 is 5.73 Å². The zero-order valence-electron chi connectivity index (χ0n) is 10.7. The van der Waals surface area contributed by atoms with Crippen LogP contribution in [0.3, 0.4) is 0 Å². The van der Waals surface area contributed by atoms with Gasteiger partial charge in [-0.2, -0.15) is 5.10 Å². The molecule has 2 rings (SSSR count). The number of aryl methyl sites for hydroxylation is 2. The molecule has 0 amide bonds. The van der Waals surface area contributed by atoms with Crippen LogP contribution in [0.2, 0.25) is 0 Å². The summed E-state index contributed by atoms with van der Waals surface area (Å²) < 4.78 is 1.50. The number of nitrogen functional groups attached to an aromatic ring is 1. The maximum atomic E-state index is 12.2. The van der Waals surface area contributed by atoms with Gasteiger partial charge >= 0.3 is 0 Å². The van der Waals surface area contributed by atoms with Crippen LogP contribution in [0.25, 0.3) is 0 Å². The predicted molar refractivity (Wildman–Crippen MR) is 71.5 cm³/mol. The average Bonchev–Trinajstić information content (AvgIpc) is 2.71. The number of carbonyl (C=O) groups is 1. The van der Waals surface area contributed by atoms with E-state index in [1.807, 2.05) is 24.3 Å². The average molecular weight is 243 g/mol. The van der Waals surface area contributed by atoms with Crippen molar-refractivity contribution in [1.82, 2.24) is 9.78 Å². The Labute approximate surface area is 106 Å². The molecule has 0 spiro atoms. The van der Waals surface area contributed by atoms with E-state index in [0.717, 1.165) is 12.8 Å². The highest BCUT2D eigenvalue weighted by Gasteiger charge is 2.15. The summed E-state index contributed by atoms with van der Waals surface area (Å²) in [6.45, 7) is 2.13. The molecule has 94 valence electrons. The second-order valence-electron chi connectivity index (χ2n) is 4.34. The number of hydrogen-bond donors (Lipinski definition) is 1. The zero-order valence-corrected chi connectivity index (χ0v) is 10.7. The number of benzene rings is 1. The van der Waals surface area contributed by atoms with Crippen molar-refractivity contribution in [3.8, 4) is 0 Å². The predicted octanol–water partition coefficient (Wildman–Crippen LogP) is 2.19. The lowest BCUT2D eigenvalue weighted by molar-refractivity contribution is 0.103. The molecule has 0 bridgehead atoms. The van der Waals surface area contributed by atoms with Crippen molar-refractivity contribution in [3.63, 3.8) is 0 Å². The molecule has 1 aromatic heterocycles. The minimum atomic E-state index is -0.0800. The minimum Gasteiger partial charge on any atom is -0.383 e. The molecule has 0 aliphatic carbocycles. The molecule has 1 aromatic carbocycles. The first-order valence-electron chi connectivity index (χ1n) is 6.04. The molecule has 1 heterocycles. The Morgan fingerprint density at radius 1 is 1.33 bits per heavy atom. The lowest BCUT2D eigenvalue weighted by atomic mass is 10.0. The lowest BCUT2D eigenvalue weighted by Gasteiger charge is -2.02. The highest BCUT2D eigenvalue weighted by Crippen LogP contribution is 2.16. The van der Waals surface area contributed by atoms with Gasteiger partial charge in [0.2, 0.25) is 0 Å². The molecule has 0 saturated heterocycles. The number of carbonyl (C=O) groups excluding carboxylic acids is 1. The van der Waals surface area contributed by atoms with Crippen LogP contribution in [0.4, 0.5) is 5.82 Å². The van der Waals surface area contributed by atoms with Crippen LogP contribution in [0.5, 0.6) is 0 Å². The fraction of sp³-hybridized carbons (Fsp3) is 0.286. The summed E-state index contributed by atoms with van der Waals surface area (Å²) in [5.41, 5.74) is 8.15. The van der Waals surface area contributed by atoms with Gasteiger partial charge in [0.1, 0.15) is 5.82 Å². The summed E-state index contributed by atoms with van der Waals surface area (Å²) in [5, 5.41) is 3.98. The van der Waals surface area contributed by atoms with Crippen LogP contribution in [0.15, 0.2) is 30.5 Å². The van der Waals surface area contributed by atoms with Crippen molar-refractivity contribution in [2.45, 2.75) is 19.8 Å². The van der Waals surface area contributed by atoms with E-state index in [2.05, 4.69) is 12.0 Å². The second kappa shape index (κ2) is 5.04. The van der Waals surface area contributed by atoms with Crippen molar-refractivity contribution in [1.29, 1.82) is 0 Å². The molecule has 0 atom stereocenters. The normalized spacial score (nSPS) is 10.6. The Morgan fingerprint density at radius 3 is 2.50 bits per heavy atom. The van der Waals surface area contributed by atoms with Gasteiger partial charge in [0.05, 0.1) is 11.8 Å². The molecular formula is C14H17N3O. The summed E-state index contributed by atoms with van der Waals surface area (Å²) in [7, 11) is 1.72. The van der Waals surface area contributed by atoms with Crippen molar-refractivity contribution in [2.24, 2.45) is 7.05 Å². The molecule has 18 heavy (non-hydrogen) atoms. The fourth-order valence-electron chi connectivity index (χ4n) is 1.89.